The van der Waals surface area contributed by atoms with Crippen molar-refractivity contribution in [1.29, 1.82) is 0 Å². The van der Waals surface area contributed by atoms with Crippen LogP contribution in [0.5, 0.6) is 0 Å². The molecule has 3 unspecified atom stereocenters. The van der Waals surface area contributed by atoms with Gasteiger partial charge in [0.05, 0.1) is 0 Å². The number of hydrogen-bond donors (Lipinski definition) is 2. The van der Waals surface area contributed by atoms with Crippen LogP contribution in [0, 0.1) is 17.8 Å². The second kappa shape index (κ2) is 8.08. The summed E-state index contributed by atoms with van der Waals surface area (Å²) in [6, 6.07) is 1.03. The summed E-state index contributed by atoms with van der Waals surface area (Å²) in [6.45, 7) is 11.4. The van der Waals surface area contributed by atoms with Gasteiger partial charge in [-0.2, -0.15) is 0 Å². The highest BCUT2D eigenvalue weighted by molar-refractivity contribution is 7.80. The summed E-state index contributed by atoms with van der Waals surface area (Å²) in [4.78, 5) is 0. The molecule has 0 aromatic rings. The average molecular weight is 285 g/mol. The second-order valence-corrected chi connectivity index (χ2v) is 6.77. The standard InChI is InChI=1S/C16H32N2S/c1-6-12(5)17-16(19)18-15-13(7-2)9-11(4)10-14(15)8-3/h11-15H,6-10H2,1-5H3,(H2,17,18,19). The maximum Gasteiger partial charge on any atom is 0.166 e. The Bertz CT molecular complexity index is 266. The third-order valence-electron chi connectivity index (χ3n) is 4.76. The van der Waals surface area contributed by atoms with Crippen LogP contribution < -0.4 is 10.6 Å². The molecule has 0 spiro atoms. The van der Waals surface area contributed by atoms with E-state index in [2.05, 4.69) is 45.3 Å². The lowest BCUT2D eigenvalue weighted by Gasteiger charge is -2.41. The van der Waals surface area contributed by atoms with Crippen molar-refractivity contribution in [2.75, 3.05) is 0 Å². The Balaban J connectivity index is 2.62. The molecule has 1 aliphatic rings. The molecule has 112 valence electrons. The molecule has 0 aromatic heterocycles. The fourth-order valence-electron chi connectivity index (χ4n) is 3.40. The minimum Gasteiger partial charge on any atom is -0.360 e. The fraction of sp³-hybridized carbons (Fsp3) is 0.938. The summed E-state index contributed by atoms with van der Waals surface area (Å²) in [5.74, 6) is 2.40. The number of nitrogens with one attached hydrogen (secondary N) is 2. The van der Waals surface area contributed by atoms with Gasteiger partial charge in [0.25, 0.3) is 0 Å². The molecular weight excluding hydrogens is 252 g/mol. The SMILES string of the molecule is CCC(C)NC(=S)NC1C(CC)CC(C)CC1CC. The van der Waals surface area contributed by atoms with Crippen LogP contribution in [-0.4, -0.2) is 17.2 Å². The topological polar surface area (TPSA) is 24.1 Å². The van der Waals surface area contributed by atoms with E-state index < -0.39 is 0 Å². The zero-order valence-corrected chi connectivity index (χ0v) is 14.1. The number of rotatable bonds is 5. The van der Waals surface area contributed by atoms with E-state index in [9.17, 15) is 0 Å². The van der Waals surface area contributed by atoms with Crippen molar-refractivity contribution in [2.24, 2.45) is 17.8 Å². The van der Waals surface area contributed by atoms with Crippen LogP contribution in [0.2, 0.25) is 0 Å². The van der Waals surface area contributed by atoms with Gasteiger partial charge in [-0.05, 0) is 56.2 Å². The number of hydrogen-bond acceptors (Lipinski definition) is 1. The minimum atomic E-state index is 0.461. The van der Waals surface area contributed by atoms with Gasteiger partial charge >= 0.3 is 0 Å². The van der Waals surface area contributed by atoms with Crippen molar-refractivity contribution < 1.29 is 0 Å². The van der Waals surface area contributed by atoms with Gasteiger partial charge in [-0.15, -0.1) is 0 Å². The normalized spacial score (nSPS) is 32.7. The lowest BCUT2D eigenvalue weighted by atomic mass is 9.70. The van der Waals surface area contributed by atoms with Crippen LogP contribution in [0.25, 0.3) is 0 Å². The van der Waals surface area contributed by atoms with Gasteiger partial charge < -0.3 is 10.6 Å². The Labute approximate surface area is 125 Å². The molecule has 0 amide bonds. The first kappa shape index (κ1) is 16.7. The monoisotopic (exact) mass is 284 g/mol. The van der Waals surface area contributed by atoms with E-state index in [-0.39, 0.29) is 0 Å². The maximum absolute atomic E-state index is 5.49. The first-order valence-electron chi connectivity index (χ1n) is 8.08. The molecule has 0 aliphatic heterocycles. The van der Waals surface area contributed by atoms with Crippen molar-refractivity contribution in [3.8, 4) is 0 Å². The molecule has 1 rings (SSSR count). The zero-order valence-electron chi connectivity index (χ0n) is 13.3. The van der Waals surface area contributed by atoms with E-state index >= 15 is 0 Å². The maximum atomic E-state index is 5.49. The molecule has 3 heteroatoms. The van der Waals surface area contributed by atoms with Crippen molar-refractivity contribution >= 4 is 17.3 Å². The molecule has 1 fully saturated rings. The molecule has 0 bridgehead atoms. The molecule has 1 aliphatic carbocycles. The molecule has 0 heterocycles. The summed E-state index contributed by atoms with van der Waals surface area (Å²) < 4.78 is 0. The van der Waals surface area contributed by atoms with Crippen LogP contribution in [-0.2, 0) is 0 Å². The van der Waals surface area contributed by atoms with Crippen LogP contribution in [0.4, 0.5) is 0 Å². The highest BCUT2D eigenvalue weighted by Gasteiger charge is 2.34. The first-order chi connectivity index (χ1) is 9.01. The summed E-state index contributed by atoms with van der Waals surface area (Å²) in [6.07, 6.45) is 6.31. The molecule has 0 saturated heterocycles. The molecule has 2 N–H and O–H groups in total. The summed E-state index contributed by atoms with van der Waals surface area (Å²) >= 11 is 5.49. The first-order valence-corrected chi connectivity index (χ1v) is 8.49. The van der Waals surface area contributed by atoms with E-state index in [0.717, 1.165) is 29.3 Å². The summed E-state index contributed by atoms with van der Waals surface area (Å²) in [5.41, 5.74) is 0. The summed E-state index contributed by atoms with van der Waals surface area (Å²) in [5, 5.41) is 7.88. The van der Waals surface area contributed by atoms with Gasteiger partial charge in [0.15, 0.2) is 5.11 Å². The van der Waals surface area contributed by atoms with Crippen LogP contribution in [0.15, 0.2) is 0 Å². The molecule has 0 aromatic carbocycles. The van der Waals surface area contributed by atoms with E-state index in [0.29, 0.717) is 12.1 Å². The fourth-order valence-corrected chi connectivity index (χ4v) is 3.74. The quantitative estimate of drug-likeness (QED) is 0.743. The zero-order chi connectivity index (χ0) is 14.4. The van der Waals surface area contributed by atoms with Gasteiger partial charge in [-0.1, -0.05) is 40.5 Å². The van der Waals surface area contributed by atoms with Gasteiger partial charge in [0.1, 0.15) is 0 Å². The highest BCUT2D eigenvalue weighted by atomic mass is 32.1. The Kier molecular flexibility index (Phi) is 7.12. The molecular formula is C16H32N2S. The molecule has 19 heavy (non-hydrogen) atoms. The van der Waals surface area contributed by atoms with Crippen LogP contribution in [0.1, 0.15) is 66.7 Å². The predicted octanol–water partition coefficient (Wildman–Crippen LogP) is 4.10. The Morgan fingerprint density at radius 1 is 1.16 bits per heavy atom. The number of thiocarbonyl (C=S) groups is 1. The molecule has 0 radical (unpaired) electrons. The molecule has 3 atom stereocenters. The van der Waals surface area contributed by atoms with Crippen LogP contribution >= 0.6 is 12.2 Å². The van der Waals surface area contributed by atoms with Crippen molar-refractivity contribution in [2.45, 2.75) is 78.8 Å². The van der Waals surface area contributed by atoms with E-state index in [1.54, 1.807) is 0 Å². The van der Waals surface area contributed by atoms with Gasteiger partial charge in [0, 0.05) is 12.1 Å². The van der Waals surface area contributed by atoms with E-state index in [4.69, 9.17) is 12.2 Å². The van der Waals surface area contributed by atoms with E-state index in [1.807, 2.05) is 0 Å². The second-order valence-electron chi connectivity index (χ2n) is 6.37. The third kappa shape index (κ3) is 4.94. The minimum absolute atomic E-state index is 0.461. The third-order valence-corrected chi connectivity index (χ3v) is 5.00. The van der Waals surface area contributed by atoms with Gasteiger partial charge in [0.2, 0.25) is 0 Å². The Hall–Kier alpha value is -0.310. The smallest absolute Gasteiger partial charge is 0.166 e. The van der Waals surface area contributed by atoms with Crippen molar-refractivity contribution in [1.82, 2.24) is 10.6 Å². The highest BCUT2D eigenvalue weighted by Crippen LogP contribution is 2.36. The van der Waals surface area contributed by atoms with Gasteiger partial charge in [-0.3, -0.25) is 0 Å². The molecule has 1 saturated carbocycles. The Morgan fingerprint density at radius 2 is 1.68 bits per heavy atom. The summed E-state index contributed by atoms with van der Waals surface area (Å²) in [7, 11) is 0. The van der Waals surface area contributed by atoms with E-state index in [1.165, 1.54) is 25.7 Å². The van der Waals surface area contributed by atoms with Gasteiger partial charge in [-0.25, -0.2) is 0 Å². The average Bonchev–Trinajstić information content (AvgIpc) is 2.39. The lowest BCUT2D eigenvalue weighted by Crippen LogP contribution is -2.52. The van der Waals surface area contributed by atoms with Crippen molar-refractivity contribution in [3.63, 3.8) is 0 Å². The molecule has 2 nitrogen and oxygen atoms in total. The Morgan fingerprint density at radius 3 is 2.11 bits per heavy atom. The predicted molar refractivity (Wildman–Crippen MR) is 88.4 cm³/mol. The van der Waals surface area contributed by atoms with Crippen molar-refractivity contribution in [3.05, 3.63) is 0 Å². The lowest BCUT2D eigenvalue weighted by molar-refractivity contribution is 0.148. The van der Waals surface area contributed by atoms with Crippen LogP contribution in [0.3, 0.4) is 0 Å². The largest absolute Gasteiger partial charge is 0.360 e.